The summed E-state index contributed by atoms with van der Waals surface area (Å²) in [6, 6.07) is 11.9. The average Bonchev–Trinajstić information content (AvgIpc) is 2.87. The van der Waals surface area contributed by atoms with Gasteiger partial charge < -0.3 is 9.14 Å². The second-order valence-corrected chi connectivity index (χ2v) is 4.92. The summed E-state index contributed by atoms with van der Waals surface area (Å²) in [7, 11) is 1.66. The number of pyridine rings is 1. The van der Waals surface area contributed by atoms with Crippen molar-refractivity contribution in [3.8, 4) is 17.0 Å². The van der Waals surface area contributed by atoms with E-state index in [1.165, 1.54) is 0 Å². The van der Waals surface area contributed by atoms with E-state index in [0.717, 1.165) is 33.9 Å². The number of aromatic nitrogens is 2. The number of halogens is 1. The SMILES string of the molecule is COc1cccc(-c2nc3c(C)cccn3c2CCl)c1. The van der Waals surface area contributed by atoms with Gasteiger partial charge in [-0.3, -0.25) is 0 Å². The molecule has 2 aromatic heterocycles. The summed E-state index contributed by atoms with van der Waals surface area (Å²) in [4.78, 5) is 4.75. The molecule has 2 heterocycles. The van der Waals surface area contributed by atoms with Crippen LogP contribution < -0.4 is 4.74 Å². The molecule has 0 amide bonds. The molecule has 0 saturated heterocycles. The number of hydrogen-bond acceptors (Lipinski definition) is 2. The molecule has 1 aromatic carbocycles. The first kappa shape index (κ1) is 13.0. The molecule has 4 heteroatoms. The average molecular weight is 287 g/mol. The molecule has 0 unspecified atom stereocenters. The Balaban J connectivity index is 2.27. The molecule has 0 aliphatic carbocycles. The van der Waals surface area contributed by atoms with Crippen LogP contribution in [0, 0.1) is 6.92 Å². The van der Waals surface area contributed by atoms with E-state index in [9.17, 15) is 0 Å². The van der Waals surface area contributed by atoms with Gasteiger partial charge in [-0.2, -0.15) is 0 Å². The van der Waals surface area contributed by atoms with Crippen LogP contribution in [0.1, 0.15) is 11.3 Å². The van der Waals surface area contributed by atoms with Crippen LogP contribution in [0.2, 0.25) is 0 Å². The molecule has 3 nitrogen and oxygen atoms in total. The van der Waals surface area contributed by atoms with Crippen molar-refractivity contribution < 1.29 is 4.74 Å². The number of imidazole rings is 1. The van der Waals surface area contributed by atoms with Crippen molar-refractivity contribution in [3.63, 3.8) is 0 Å². The smallest absolute Gasteiger partial charge is 0.140 e. The lowest BCUT2D eigenvalue weighted by molar-refractivity contribution is 0.415. The summed E-state index contributed by atoms with van der Waals surface area (Å²) < 4.78 is 7.33. The highest BCUT2D eigenvalue weighted by Crippen LogP contribution is 2.29. The predicted octanol–water partition coefficient (Wildman–Crippen LogP) is 4.06. The van der Waals surface area contributed by atoms with E-state index >= 15 is 0 Å². The standard InChI is InChI=1S/C16H15ClN2O/c1-11-5-4-8-19-14(10-17)15(18-16(11)19)12-6-3-7-13(9-12)20-2/h3-9H,10H2,1-2H3. The van der Waals surface area contributed by atoms with E-state index in [1.54, 1.807) is 7.11 Å². The minimum absolute atomic E-state index is 0.414. The van der Waals surface area contributed by atoms with Gasteiger partial charge in [0.2, 0.25) is 0 Å². The summed E-state index contributed by atoms with van der Waals surface area (Å²) in [5.74, 6) is 1.23. The molecule has 20 heavy (non-hydrogen) atoms. The number of fused-ring (bicyclic) bond motifs is 1. The quantitative estimate of drug-likeness (QED) is 0.679. The van der Waals surface area contributed by atoms with Gasteiger partial charge >= 0.3 is 0 Å². The van der Waals surface area contributed by atoms with Gasteiger partial charge in [0.05, 0.1) is 24.4 Å². The van der Waals surface area contributed by atoms with Gasteiger partial charge in [-0.15, -0.1) is 11.6 Å². The number of rotatable bonds is 3. The fourth-order valence-corrected chi connectivity index (χ4v) is 2.64. The van der Waals surface area contributed by atoms with E-state index in [1.807, 2.05) is 36.5 Å². The monoisotopic (exact) mass is 286 g/mol. The van der Waals surface area contributed by atoms with Crippen molar-refractivity contribution in [1.82, 2.24) is 9.38 Å². The second kappa shape index (κ2) is 5.17. The Morgan fingerprint density at radius 3 is 2.85 bits per heavy atom. The number of methoxy groups -OCH3 is 1. The molecular weight excluding hydrogens is 272 g/mol. The van der Waals surface area contributed by atoms with Crippen molar-refractivity contribution >= 4 is 17.2 Å². The molecule has 0 aliphatic heterocycles. The summed E-state index contributed by atoms with van der Waals surface area (Å²) >= 11 is 6.14. The molecule has 0 N–H and O–H groups in total. The molecule has 0 atom stereocenters. The maximum Gasteiger partial charge on any atom is 0.140 e. The fourth-order valence-electron chi connectivity index (χ4n) is 2.38. The van der Waals surface area contributed by atoms with E-state index < -0.39 is 0 Å². The maximum absolute atomic E-state index is 6.14. The van der Waals surface area contributed by atoms with Crippen molar-refractivity contribution in [2.24, 2.45) is 0 Å². The van der Waals surface area contributed by atoms with Crippen LogP contribution in [0.3, 0.4) is 0 Å². The molecular formula is C16H15ClN2O. The zero-order chi connectivity index (χ0) is 14.1. The van der Waals surface area contributed by atoms with Crippen molar-refractivity contribution in [2.75, 3.05) is 7.11 Å². The van der Waals surface area contributed by atoms with E-state index in [4.69, 9.17) is 21.3 Å². The lowest BCUT2D eigenvalue weighted by Gasteiger charge is -2.04. The maximum atomic E-state index is 6.14. The molecule has 3 aromatic rings. The molecule has 0 spiro atoms. The minimum atomic E-state index is 0.414. The van der Waals surface area contributed by atoms with Crippen LogP contribution in [0.25, 0.3) is 16.9 Å². The highest BCUT2D eigenvalue weighted by Gasteiger charge is 2.14. The Morgan fingerprint density at radius 1 is 1.25 bits per heavy atom. The highest BCUT2D eigenvalue weighted by molar-refractivity contribution is 6.17. The number of ether oxygens (including phenoxy) is 1. The van der Waals surface area contributed by atoms with Crippen LogP contribution in [-0.2, 0) is 5.88 Å². The Kier molecular flexibility index (Phi) is 3.36. The molecule has 0 bridgehead atoms. The zero-order valence-corrected chi connectivity index (χ0v) is 12.2. The van der Waals surface area contributed by atoms with Gasteiger partial charge in [0.1, 0.15) is 11.4 Å². The number of aryl methyl sites for hydroxylation is 1. The predicted molar refractivity (Wildman–Crippen MR) is 81.5 cm³/mol. The van der Waals surface area contributed by atoms with Gasteiger partial charge in [0.15, 0.2) is 0 Å². The Morgan fingerprint density at radius 2 is 2.10 bits per heavy atom. The first-order chi connectivity index (χ1) is 9.74. The number of alkyl halides is 1. The van der Waals surface area contributed by atoms with Crippen LogP contribution in [0.15, 0.2) is 42.6 Å². The van der Waals surface area contributed by atoms with E-state index in [-0.39, 0.29) is 0 Å². The number of hydrogen-bond donors (Lipinski definition) is 0. The summed E-state index contributed by atoms with van der Waals surface area (Å²) in [5, 5.41) is 0. The van der Waals surface area contributed by atoms with Gasteiger partial charge in [-0.05, 0) is 30.7 Å². The van der Waals surface area contributed by atoms with Crippen LogP contribution in [0.5, 0.6) is 5.75 Å². The summed E-state index contributed by atoms with van der Waals surface area (Å²) in [5.41, 5.74) is 5.00. The third kappa shape index (κ3) is 2.04. The van der Waals surface area contributed by atoms with Crippen LogP contribution >= 0.6 is 11.6 Å². The van der Waals surface area contributed by atoms with Crippen molar-refractivity contribution in [3.05, 3.63) is 53.9 Å². The number of benzene rings is 1. The molecule has 0 radical (unpaired) electrons. The lowest BCUT2D eigenvalue weighted by atomic mass is 10.1. The van der Waals surface area contributed by atoms with Crippen molar-refractivity contribution in [1.29, 1.82) is 0 Å². The van der Waals surface area contributed by atoms with E-state index in [0.29, 0.717) is 5.88 Å². The van der Waals surface area contributed by atoms with Crippen LogP contribution in [0.4, 0.5) is 0 Å². The Hall–Kier alpha value is -2.00. The first-order valence-corrected chi connectivity index (χ1v) is 6.95. The number of nitrogens with zero attached hydrogens (tertiary/aromatic N) is 2. The third-order valence-electron chi connectivity index (χ3n) is 3.41. The topological polar surface area (TPSA) is 26.5 Å². The molecule has 0 fully saturated rings. The van der Waals surface area contributed by atoms with Gasteiger partial charge in [0, 0.05) is 11.8 Å². The zero-order valence-electron chi connectivity index (χ0n) is 11.4. The Bertz CT molecular complexity index is 764. The Labute approximate surface area is 122 Å². The van der Waals surface area contributed by atoms with Gasteiger partial charge in [0.25, 0.3) is 0 Å². The van der Waals surface area contributed by atoms with Crippen LogP contribution in [-0.4, -0.2) is 16.5 Å². The molecule has 0 aliphatic rings. The molecule has 102 valence electrons. The second-order valence-electron chi connectivity index (χ2n) is 4.66. The minimum Gasteiger partial charge on any atom is -0.497 e. The summed E-state index contributed by atoms with van der Waals surface area (Å²) in [6.45, 7) is 2.05. The normalized spacial score (nSPS) is 10.9. The fraction of sp³-hybridized carbons (Fsp3) is 0.188. The lowest BCUT2D eigenvalue weighted by Crippen LogP contribution is -1.92. The third-order valence-corrected chi connectivity index (χ3v) is 3.67. The summed E-state index contributed by atoms with van der Waals surface area (Å²) in [6.07, 6.45) is 2.00. The largest absolute Gasteiger partial charge is 0.497 e. The molecule has 0 saturated carbocycles. The van der Waals surface area contributed by atoms with Gasteiger partial charge in [-0.25, -0.2) is 4.98 Å². The molecule has 3 rings (SSSR count). The van der Waals surface area contributed by atoms with E-state index in [2.05, 4.69) is 17.4 Å². The first-order valence-electron chi connectivity index (χ1n) is 6.41. The highest BCUT2D eigenvalue weighted by atomic mass is 35.5. The van der Waals surface area contributed by atoms with Gasteiger partial charge in [-0.1, -0.05) is 18.2 Å². The van der Waals surface area contributed by atoms with Crippen molar-refractivity contribution in [2.45, 2.75) is 12.8 Å².